The molecule has 0 amide bonds. The van der Waals surface area contributed by atoms with Crippen molar-refractivity contribution in [2.75, 3.05) is 19.6 Å². The highest BCUT2D eigenvalue weighted by molar-refractivity contribution is 5.75. The van der Waals surface area contributed by atoms with Crippen LogP contribution in [0.1, 0.15) is 37.9 Å². The first-order valence-electron chi connectivity index (χ1n) is 7.21. The molecule has 0 aliphatic carbocycles. The number of benzene rings is 1. The van der Waals surface area contributed by atoms with Crippen LogP contribution in [0.5, 0.6) is 0 Å². The second-order valence-electron chi connectivity index (χ2n) is 5.63. The monoisotopic (exact) mass is 279 g/mol. The van der Waals surface area contributed by atoms with Gasteiger partial charge in [-0.1, -0.05) is 12.1 Å². The van der Waals surface area contributed by atoms with E-state index in [4.69, 9.17) is 0 Å². The number of carbonyl (C=O) groups excluding carboxylic acids is 1. The minimum Gasteiger partial charge on any atom is -0.388 e. The molecule has 1 aromatic rings. The molecular weight excluding hydrogens is 257 g/mol. The molecular formula is C16H22FNO2. The van der Waals surface area contributed by atoms with E-state index in [1.807, 2.05) is 0 Å². The molecule has 4 heteroatoms. The zero-order chi connectivity index (χ0) is 14.5. The van der Waals surface area contributed by atoms with Gasteiger partial charge in [-0.2, -0.15) is 0 Å². The molecule has 0 aromatic heterocycles. The van der Waals surface area contributed by atoms with Gasteiger partial charge < -0.3 is 10.0 Å². The van der Waals surface area contributed by atoms with Crippen LogP contribution >= 0.6 is 0 Å². The molecule has 1 aliphatic heterocycles. The molecule has 2 rings (SSSR count). The van der Waals surface area contributed by atoms with Crippen LogP contribution in [0.2, 0.25) is 0 Å². The lowest BCUT2D eigenvalue weighted by molar-refractivity contribution is -0.117. The number of ketones is 1. The maximum absolute atomic E-state index is 12.9. The molecule has 1 atom stereocenters. The molecule has 0 radical (unpaired) electrons. The standard InChI is InChI=1S/C16H22FNO2/c1-12(19)6-9-18-10-7-14(8-11-18)16(20)13-2-4-15(17)5-3-13/h2-5,14,16,20H,6-11H2,1H3. The predicted octanol–water partition coefficient (Wildman–Crippen LogP) is 2.55. The zero-order valence-electron chi connectivity index (χ0n) is 11.9. The summed E-state index contributed by atoms with van der Waals surface area (Å²) in [5.74, 6) is 0.160. The Morgan fingerprint density at radius 2 is 1.95 bits per heavy atom. The number of hydrogen-bond acceptors (Lipinski definition) is 3. The maximum atomic E-state index is 12.9. The Bertz CT molecular complexity index is 438. The lowest BCUT2D eigenvalue weighted by Gasteiger charge is -2.34. The molecule has 1 aliphatic rings. The molecule has 1 heterocycles. The SMILES string of the molecule is CC(=O)CCN1CCC(C(O)c2ccc(F)cc2)CC1. The first-order valence-corrected chi connectivity index (χ1v) is 7.21. The average Bonchev–Trinajstić information content (AvgIpc) is 2.46. The number of rotatable bonds is 5. The van der Waals surface area contributed by atoms with Gasteiger partial charge in [-0.05, 0) is 56.5 Å². The molecule has 0 saturated carbocycles. The van der Waals surface area contributed by atoms with Crippen molar-refractivity contribution in [2.45, 2.75) is 32.3 Å². The van der Waals surface area contributed by atoms with Crippen molar-refractivity contribution in [3.05, 3.63) is 35.6 Å². The second kappa shape index (κ2) is 6.95. The number of Topliss-reactive ketones (excluding diaryl/α,β-unsaturated/α-hetero) is 1. The third-order valence-corrected chi connectivity index (χ3v) is 4.07. The minimum atomic E-state index is -0.523. The number of likely N-dealkylation sites (tertiary alicyclic amines) is 1. The quantitative estimate of drug-likeness (QED) is 0.900. The van der Waals surface area contributed by atoms with Crippen molar-refractivity contribution < 1.29 is 14.3 Å². The summed E-state index contributed by atoms with van der Waals surface area (Å²) in [6.07, 6.45) is 1.91. The van der Waals surface area contributed by atoms with Gasteiger partial charge in [-0.3, -0.25) is 4.79 Å². The normalized spacial score (nSPS) is 18.9. The van der Waals surface area contributed by atoms with E-state index >= 15 is 0 Å². The first-order chi connectivity index (χ1) is 9.56. The van der Waals surface area contributed by atoms with Gasteiger partial charge in [-0.25, -0.2) is 4.39 Å². The van der Waals surface area contributed by atoms with Crippen LogP contribution < -0.4 is 0 Å². The highest BCUT2D eigenvalue weighted by Gasteiger charge is 2.26. The Labute approximate surface area is 119 Å². The van der Waals surface area contributed by atoms with Crippen LogP contribution in [-0.2, 0) is 4.79 Å². The van der Waals surface area contributed by atoms with Crippen molar-refractivity contribution in [1.82, 2.24) is 4.90 Å². The Morgan fingerprint density at radius 1 is 1.35 bits per heavy atom. The molecule has 1 fully saturated rings. The highest BCUT2D eigenvalue weighted by Crippen LogP contribution is 2.30. The third-order valence-electron chi connectivity index (χ3n) is 4.07. The molecule has 110 valence electrons. The number of halogens is 1. The second-order valence-corrected chi connectivity index (χ2v) is 5.63. The van der Waals surface area contributed by atoms with E-state index in [2.05, 4.69) is 4.90 Å². The summed E-state index contributed by atoms with van der Waals surface area (Å²) in [6.45, 7) is 4.26. The van der Waals surface area contributed by atoms with Gasteiger partial charge in [0.05, 0.1) is 6.10 Å². The van der Waals surface area contributed by atoms with Crippen LogP contribution in [0, 0.1) is 11.7 Å². The summed E-state index contributed by atoms with van der Waals surface area (Å²) < 4.78 is 12.9. The molecule has 20 heavy (non-hydrogen) atoms. The summed E-state index contributed by atoms with van der Waals surface area (Å²) in [7, 11) is 0. The van der Waals surface area contributed by atoms with Crippen LogP contribution in [0.25, 0.3) is 0 Å². The minimum absolute atomic E-state index is 0.217. The smallest absolute Gasteiger partial charge is 0.131 e. The molecule has 1 N–H and O–H groups in total. The van der Waals surface area contributed by atoms with Crippen molar-refractivity contribution >= 4 is 5.78 Å². The van der Waals surface area contributed by atoms with Gasteiger partial charge in [0.1, 0.15) is 11.6 Å². The number of hydrogen-bond donors (Lipinski definition) is 1. The van der Waals surface area contributed by atoms with Gasteiger partial charge in [0, 0.05) is 13.0 Å². The fourth-order valence-electron chi connectivity index (χ4n) is 2.74. The van der Waals surface area contributed by atoms with E-state index in [0.717, 1.165) is 38.0 Å². The van der Waals surface area contributed by atoms with E-state index in [1.54, 1.807) is 19.1 Å². The highest BCUT2D eigenvalue weighted by atomic mass is 19.1. The van der Waals surface area contributed by atoms with E-state index < -0.39 is 6.10 Å². The lowest BCUT2D eigenvalue weighted by atomic mass is 9.87. The lowest BCUT2D eigenvalue weighted by Crippen LogP contribution is -2.36. The largest absolute Gasteiger partial charge is 0.388 e. The van der Waals surface area contributed by atoms with Gasteiger partial charge in [0.25, 0.3) is 0 Å². The molecule has 0 bridgehead atoms. The summed E-state index contributed by atoms with van der Waals surface area (Å²) in [6, 6.07) is 6.09. The number of nitrogens with zero attached hydrogens (tertiary/aromatic N) is 1. The summed E-state index contributed by atoms with van der Waals surface area (Å²) in [4.78, 5) is 13.2. The third kappa shape index (κ3) is 4.12. The van der Waals surface area contributed by atoms with Crippen LogP contribution in [0.3, 0.4) is 0 Å². The van der Waals surface area contributed by atoms with Gasteiger partial charge in [0.15, 0.2) is 0 Å². The average molecular weight is 279 g/mol. The fraction of sp³-hybridized carbons (Fsp3) is 0.562. The molecule has 1 aromatic carbocycles. The topological polar surface area (TPSA) is 40.5 Å². The van der Waals surface area contributed by atoms with Crippen molar-refractivity contribution in [3.8, 4) is 0 Å². The molecule has 0 spiro atoms. The van der Waals surface area contributed by atoms with Crippen LogP contribution in [0.15, 0.2) is 24.3 Å². The summed E-state index contributed by atoms with van der Waals surface area (Å²) in [5, 5.41) is 10.3. The number of carbonyl (C=O) groups is 1. The number of aliphatic hydroxyl groups excluding tert-OH is 1. The van der Waals surface area contributed by atoms with Crippen molar-refractivity contribution in [2.24, 2.45) is 5.92 Å². The van der Waals surface area contributed by atoms with Gasteiger partial charge in [0.2, 0.25) is 0 Å². The Balaban J connectivity index is 1.83. The Morgan fingerprint density at radius 3 is 2.50 bits per heavy atom. The predicted molar refractivity (Wildman–Crippen MR) is 75.8 cm³/mol. The molecule has 1 saturated heterocycles. The Hall–Kier alpha value is -1.26. The zero-order valence-corrected chi connectivity index (χ0v) is 11.9. The van der Waals surface area contributed by atoms with E-state index in [1.165, 1.54) is 12.1 Å². The van der Waals surface area contributed by atoms with Crippen LogP contribution in [-0.4, -0.2) is 35.4 Å². The van der Waals surface area contributed by atoms with E-state index in [9.17, 15) is 14.3 Å². The van der Waals surface area contributed by atoms with E-state index in [0.29, 0.717) is 6.42 Å². The molecule has 3 nitrogen and oxygen atoms in total. The Kier molecular flexibility index (Phi) is 5.26. The van der Waals surface area contributed by atoms with Crippen molar-refractivity contribution in [1.29, 1.82) is 0 Å². The fourth-order valence-corrected chi connectivity index (χ4v) is 2.74. The maximum Gasteiger partial charge on any atom is 0.131 e. The van der Waals surface area contributed by atoms with Gasteiger partial charge >= 0.3 is 0 Å². The van der Waals surface area contributed by atoms with E-state index in [-0.39, 0.29) is 17.5 Å². The number of piperidine rings is 1. The first kappa shape index (κ1) is 15.1. The van der Waals surface area contributed by atoms with Crippen LogP contribution in [0.4, 0.5) is 4.39 Å². The summed E-state index contributed by atoms with van der Waals surface area (Å²) in [5.41, 5.74) is 0.786. The van der Waals surface area contributed by atoms with Crippen molar-refractivity contribution in [3.63, 3.8) is 0 Å². The van der Waals surface area contributed by atoms with Gasteiger partial charge in [-0.15, -0.1) is 0 Å². The molecule has 1 unspecified atom stereocenters. The summed E-state index contributed by atoms with van der Waals surface area (Å²) >= 11 is 0. The number of aliphatic hydroxyl groups is 1.